The highest BCUT2D eigenvalue weighted by molar-refractivity contribution is 7.61. The molecule has 0 aliphatic carbocycles. The van der Waals surface area contributed by atoms with Crippen LogP contribution in [0.15, 0.2) is 12.7 Å². The molecule has 22 nitrogen and oxygen atoms in total. The van der Waals surface area contributed by atoms with Gasteiger partial charge in [-0.1, -0.05) is 0 Å². The zero-order valence-electron chi connectivity index (χ0n) is 19.6. The van der Waals surface area contributed by atoms with Crippen LogP contribution in [0.1, 0.15) is 6.23 Å². The fourth-order valence-electron chi connectivity index (χ4n) is 3.83. The third-order valence-electron chi connectivity index (χ3n) is 5.58. The molecule has 2 aliphatic heterocycles. The normalized spacial score (nSPS) is 34.2. The van der Waals surface area contributed by atoms with Gasteiger partial charge in [0.25, 0.3) is 0 Å². The van der Waals surface area contributed by atoms with Crippen LogP contribution in [0.25, 0.3) is 11.2 Å². The van der Waals surface area contributed by atoms with Crippen molar-refractivity contribution in [3.05, 3.63) is 12.7 Å². The third-order valence-corrected chi connectivity index (χ3v) is 8.70. The Morgan fingerprint density at radius 1 is 0.925 bits per heavy atom. The molecule has 3 unspecified atom stereocenters. The number of aliphatic hydroxyl groups excluding tert-OH is 4. The van der Waals surface area contributed by atoms with Crippen molar-refractivity contribution in [2.24, 2.45) is 0 Å². The standard InChI is InChI=1S/C15H24N5O17P3/c16-12-7-13(18-3-17-12)20(4-19-7)14-11(35-38(25,26)27)9(23)6(33-14)2-32-39(28,29)37-40(30,31)36-15-10(24)8(22)5(1-21)34-15/h3-6,8-11,14-15,21-24H,1-2H2,(H,28,29)(H,30,31)(H2,16,17,18)(H2,25,26,27)/t5-,6-,8-,9-,10-,11-,14-,15?/m1/s1. The number of anilines is 1. The zero-order chi connectivity index (χ0) is 29.6. The molecule has 226 valence electrons. The quantitative estimate of drug-likeness (QED) is 0.109. The first-order valence-electron chi connectivity index (χ1n) is 10.8. The number of nitrogen functional groups attached to an aromatic ring is 1. The molecular weight excluding hydrogens is 615 g/mol. The molecule has 10 N–H and O–H groups in total. The first-order chi connectivity index (χ1) is 18.5. The number of hydrogen-bond donors (Lipinski definition) is 9. The summed E-state index contributed by atoms with van der Waals surface area (Å²) >= 11 is 0. The number of phosphoric acid groups is 3. The van der Waals surface area contributed by atoms with Crippen molar-refractivity contribution in [1.29, 1.82) is 0 Å². The van der Waals surface area contributed by atoms with Crippen LogP contribution in [-0.4, -0.2) is 116 Å². The topological polar surface area (TPSA) is 338 Å². The van der Waals surface area contributed by atoms with E-state index in [-0.39, 0.29) is 17.0 Å². The van der Waals surface area contributed by atoms with Crippen LogP contribution < -0.4 is 5.73 Å². The number of aromatic nitrogens is 4. The molecule has 25 heteroatoms. The summed E-state index contributed by atoms with van der Waals surface area (Å²) in [5, 5.41) is 39.2. The number of phosphoric ester groups is 3. The van der Waals surface area contributed by atoms with Crippen molar-refractivity contribution in [2.45, 2.75) is 49.1 Å². The Bertz CT molecular complexity index is 1360. The first-order valence-corrected chi connectivity index (χ1v) is 15.4. The summed E-state index contributed by atoms with van der Waals surface area (Å²) in [6.45, 7) is -1.88. The number of imidazole rings is 1. The molecular formula is C15H24N5O17P3. The molecule has 0 amide bonds. The number of nitrogens with two attached hydrogens (primary N) is 1. The summed E-state index contributed by atoms with van der Waals surface area (Å²) in [5.41, 5.74) is 5.79. The van der Waals surface area contributed by atoms with Crippen LogP contribution in [0, 0.1) is 0 Å². The van der Waals surface area contributed by atoms with Crippen LogP contribution in [-0.2, 0) is 41.1 Å². The van der Waals surface area contributed by atoms with Crippen molar-refractivity contribution >= 4 is 40.4 Å². The lowest BCUT2D eigenvalue weighted by molar-refractivity contribution is -0.125. The van der Waals surface area contributed by atoms with Gasteiger partial charge < -0.3 is 55.2 Å². The van der Waals surface area contributed by atoms with Crippen LogP contribution >= 0.6 is 23.5 Å². The maximum Gasteiger partial charge on any atom is 0.483 e. The molecule has 0 radical (unpaired) electrons. The van der Waals surface area contributed by atoms with Gasteiger partial charge in [0, 0.05) is 0 Å². The Kier molecular flexibility index (Phi) is 9.14. The van der Waals surface area contributed by atoms with E-state index in [1.807, 2.05) is 0 Å². The van der Waals surface area contributed by atoms with Gasteiger partial charge in [0.15, 0.2) is 24.0 Å². The number of aliphatic hydroxyl groups is 4. The summed E-state index contributed by atoms with van der Waals surface area (Å²) in [4.78, 5) is 50.0. The molecule has 0 spiro atoms. The minimum atomic E-state index is -5.55. The van der Waals surface area contributed by atoms with Crippen molar-refractivity contribution in [3.8, 4) is 0 Å². The van der Waals surface area contributed by atoms with E-state index in [4.69, 9.17) is 20.3 Å². The Hall–Kier alpha value is -1.52. The van der Waals surface area contributed by atoms with E-state index in [0.29, 0.717) is 0 Å². The van der Waals surface area contributed by atoms with E-state index < -0.39 is 85.8 Å². The fourth-order valence-corrected chi connectivity index (χ4v) is 6.54. The number of nitrogens with zero attached hydrogens (tertiary/aromatic N) is 4. The molecule has 0 bridgehead atoms. The van der Waals surface area contributed by atoms with Gasteiger partial charge in [-0.25, -0.2) is 28.6 Å². The van der Waals surface area contributed by atoms with Gasteiger partial charge in [-0.2, -0.15) is 4.31 Å². The number of rotatable bonds is 11. The predicted molar refractivity (Wildman–Crippen MR) is 122 cm³/mol. The smallest absolute Gasteiger partial charge is 0.394 e. The second kappa shape index (κ2) is 11.6. The molecule has 2 aromatic rings. The lowest BCUT2D eigenvalue weighted by atomic mass is 10.1. The highest BCUT2D eigenvalue weighted by Gasteiger charge is 2.51. The van der Waals surface area contributed by atoms with E-state index in [2.05, 4.69) is 32.8 Å². The Morgan fingerprint density at radius 2 is 1.62 bits per heavy atom. The molecule has 2 saturated heterocycles. The van der Waals surface area contributed by atoms with Gasteiger partial charge in [0.05, 0.1) is 19.5 Å². The van der Waals surface area contributed by atoms with Crippen molar-refractivity contribution < 1.29 is 81.1 Å². The molecule has 2 aliphatic rings. The first kappa shape index (κ1) is 31.4. The minimum absolute atomic E-state index is 0.00462. The molecule has 4 rings (SSSR count). The summed E-state index contributed by atoms with van der Waals surface area (Å²) in [6.07, 6.45) is -12.0. The van der Waals surface area contributed by atoms with Gasteiger partial charge in [0.1, 0.15) is 48.5 Å². The van der Waals surface area contributed by atoms with Crippen molar-refractivity contribution in [3.63, 3.8) is 0 Å². The summed E-state index contributed by atoms with van der Waals surface area (Å²) in [6, 6.07) is 0. The Labute approximate surface area is 222 Å². The largest absolute Gasteiger partial charge is 0.483 e. The van der Waals surface area contributed by atoms with E-state index in [1.165, 1.54) is 0 Å². The van der Waals surface area contributed by atoms with Crippen LogP contribution in [0.5, 0.6) is 0 Å². The number of fused-ring (bicyclic) bond motifs is 1. The average Bonchev–Trinajstić information content (AvgIpc) is 3.47. The maximum atomic E-state index is 12.3. The minimum Gasteiger partial charge on any atom is -0.394 e. The highest BCUT2D eigenvalue weighted by atomic mass is 31.3. The second-order valence-corrected chi connectivity index (χ2v) is 12.5. The van der Waals surface area contributed by atoms with Crippen LogP contribution in [0.4, 0.5) is 5.82 Å². The summed E-state index contributed by atoms with van der Waals surface area (Å²) in [7, 11) is -16.3. The monoisotopic (exact) mass is 639 g/mol. The Balaban J connectivity index is 1.46. The third kappa shape index (κ3) is 6.92. The average molecular weight is 639 g/mol. The molecule has 2 fully saturated rings. The number of hydrogen-bond acceptors (Lipinski definition) is 17. The van der Waals surface area contributed by atoms with E-state index in [1.54, 1.807) is 0 Å². The highest BCUT2D eigenvalue weighted by Crippen LogP contribution is 2.61. The van der Waals surface area contributed by atoms with Gasteiger partial charge in [-0.15, -0.1) is 0 Å². The molecule has 0 aromatic carbocycles. The predicted octanol–water partition coefficient (Wildman–Crippen LogP) is -3.17. The lowest BCUT2D eigenvalue weighted by Gasteiger charge is -2.22. The van der Waals surface area contributed by atoms with Crippen LogP contribution in [0.2, 0.25) is 0 Å². The molecule has 0 saturated carbocycles. The van der Waals surface area contributed by atoms with Crippen molar-refractivity contribution in [1.82, 2.24) is 19.5 Å². The van der Waals surface area contributed by atoms with Crippen LogP contribution in [0.3, 0.4) is 0 Å². The van der Waals surface area contributed by atoms with Gasteiger partial charge in [0.2, 0.25) is 0 Å². The SMILES string of the molecule is Nc1ncnc2c1ncn2[C@@H]1O[C@H](COP(=O)(O)OP(=O)(O)OC2O[C@H](CO)[C@@H](O)[C@H]2O)[C@@H](O)[C@H]1OP(=O)(O)O. The number of ether oxygens (including phenoxy) is 2. The summed E-state index contributed by atoms with van der Waals surface area (Å²) in [5.74, 6) is -0.0550. The second-order valence-electron chi connectivity index (χ2n) is 8.33. The fraction of sp³-hybridized carbons (Fsp3) is 0.667. The molecule has 10 atom stereocenters. The molecule has 2 aromatic heterocycles. The van der Waals surface area contributed by atoms with Crippen molar-refractivity contribution in [2.75, 3.05) is 18.9 Å². The molecule has 4 heterocycles. The summed E-state index contributed by atoms with van der Waals surface area (Å²) < 4.78 is 65.3. The molecule has 40 heavy (non-hydrogen) atoms. The lowest BCUT2D eigenvalue weighted by Crippen LogP contribution is -2.35. The Morgan fingerprint density at radius 3 is 2.25 bits per heavy atom. The van der Waals surface area contributed by atoms with E-state index in [9.17, 15) is 48.6 Å². The van der Waals surface area contributed by atoms with Gasteiger partial charge in [-0.3, -0.25) is 18.1 Å². The van der Waals surface area contributed by atoms with Gasteiger partial charge >= 0.3 is 23.5 Å². The van der Waals surface area contributed by atoms with E-state index >= 15 is 0 Å². The van der Waals surface area contributed by atoms with Gasteiger partial charge in [-0.05, 0) is 0 Å². The van der Waals surface area contributed by atoms with E-state index in [0.717, 1.165) is 17.2 Å². The zero-order valence-corrected chi connectivity index (χ0v) is 22.3. The maximum absolute atomic E-state index is 12.3.